The van der Waals surface area contributed by atoms with Crippen LogP contribution < -0.4 is 5.32 Å². The van der Waals surface area contributed by atoms with E-state index in [9.17, 15) is 24.6 Å². The first kappa shape index (κ1) is 23.8. The van der Waals surface area contributed by atoms with Crippen LogP contribution >= 0.6 is 0 Å². The fourth-order valence-electron chi connectivity index (χ4n) is 4.91. The van der Waals surface area contributed by atoms with Crippen LogP contribution in [0.15, 0.2) is 48.5 Å². The number of amides is 2. The Morgan fingerprint density at radius 1 is 1.00 bits per heavy atom. The van der Waals surface area contributed by atoms with Crippen LogP contribution in [0.5, 0.6) is 0 Å². The molecular formula is C26H30N2O6. The average molecular weight is 467 g/mol. The summed E-state index contributed by atoms with van der Waals surface area (Å²) in [5.74, 6) is -1.52. The lowest BCUT2D eigenvalue weighted by atomic mass is 9.98. The second kappa shape index (κ2) is 10.7. The van der Waals surface area contributed by atoms with Crippen LogP contribution in [0.1, 0.15) is 49.1 Å². The topological polar surface area (TPSA) is 116 Å². The van der Waals surface area contributed by atoms with Gasteiger partial charge in [0.1, 0.15) is 12.6 Å². The molecule has 1 fully saturated rings. The maximum Gasteiger partial charge on any atom is 0.407 e. The van der Waals surface area contributed by atoms with Crippen LogP contribution in [0.4, 0.5) is 4.79 Å². The predicted octanol–water partition coefficient (Wildman–Crippen LogP) is 3.13. The highest BCUT2D eigenvalue weighted by Gasteiger charge is 2.32. The van der Waals surface area contributed by atoms with Gasteiger partial charge in [-0.15, -0.1) is 0 Å². The molecule has 0 saturated carbocycles. The summed E-state index contributed by atoms with van der Waals surface area (Å²) in [6, 6.07) is 15.2. The first-order valence-corrected chi connectivity index (χ1v) is 11.7. The first-order chi connectivity index (χ1) is 16.5. The Morgan fingerprint density at radius 3 is 2.29 bits per heavy atom. The number of carboxylic acid groups (broad SMARTS) is 1. The van der Waals surface area contributed by atoms with Gasteiger partial charge in [-0.1, -0.05) is 61.4 Å². The van der Waals surface area contributed by atoms with Crippen LogP contribution in [-0.4, -0.2) is 64.9 Å². The number of ether oxygens (including phenoxy) is 1. The molecule has 8 nitrogen and oxygen atoms in total. The third kappa shape index (κ3) is 5.22. The van der Waals surface area contributed by atoms with E-state index in [1.165, 1.54) is 4.90 Å². The first-order valence-electron chi connectivity index (χ1n) is 11.7. The molecule has 1 aliphatic heterocycles. The van der Waals surface area contributed by atoms with E-state index in [0.717, 1.165) is 41.5 Å². The fraction of sp³-hybridized carbons (Fsp3) is 0.423. The number of nitrogens with one attached hydrogen (secondary N) is 1. The number of hydrogen-bond donors (Lipinski definition) is 3. The molecule has 2 aromatic carbocycles. The normalized spacial score (nSPS) is 18.4. The zero-order chi connectivity index (χ0) is 24.1. The summed E-state index contributed by atoms with van der Waals surface area (Å²) < 4.78 is 5.44. The van der Waals surface area contributed by atoms with Crippen molar-refractivity contribution >= 4 is 18.0 Å². The number of benzene rings is 2. The molecule has 3 N–H and O–H groups in total. The molecule has 1 heterocycles. The third-order valence-corrected chi connectivity index (χ3v) is 6.59. The highest BCUT2D eigenvalue weighted by molar-refractivity contribution is 5.84. The molecule has 2 unspecified atom stereocenters. The summed E-state index contributed by atoms with van der Waals surface area (Å²) in [7, 11) is 0. The monoisotopic (exact) mass is 466 g/mol. The van der Waals surface area contributed by atoms with Gasteiger partial charge in [0.2, 0.25) is 5.91 Å². The number of carbonyl (C=O) groups is 3. The largest absolute Gasteiger partial charge is 0.480 e. The molecule has 1 saturated heterocycles. The number of hydrogen-bond acceptors (Lipinski definition) is 5. The van der Waals surface area contributed by atoms with Gasteiger partial charge in [-0.3, -0.25) is 4.79 Å². The van der Waals surface area contributed by atoms with Crippen LogP contribution in [0.25, 0.3) is 11.1 Å². The lowest BCUT2D eigenvalue weighted by molar-refractivity contribution is -0.151. The van der Waals surface area contributed by atoms with Crippen molar-refractivity contribution in [3.63, 3.8) is 0 Å². The molecule has 180 valence electrons. The van der Waals surface area contributed by atoms with Crippen LogP contribution in [0.2, 0.25) is 0 Å². The summed E-state index contributed by atoms with van der Waals surface area (Å²) in [6.07, 6.45) is 0.718. The number of alkyl carbamates (subject to hydrolysis) is 1. The van der Waals surface area contributed by atoms with E-state index < -0.39 is 30.1 Å². The fourth-order valence-corrected chi connectivity index (χ4v) is 4.91. The lowest BCUT2D eigenvalue weighted by Crippen LogP contribution is -2.46. The molecule has 4 rings (SSSR count). The van der Waals surface area contributed by atoms with E-state index in [4.69, 9.17) is 4.74 Å². The van der Waals surface area contributed by atoms with E-state index >= 15 is 0 Å². The second-order valence-corrected chi connectivity index (χ2v) is 8.85. The zero-order valence-corrected chi connectivity index (χ0v) is 19.0. The summed E-state index contributed by atoms with van der Waals surface area (Å²) in [4.78, 5) is 37.8. The predicted molar refractivity (Wildman–Crippen MR) is 125 cm³/mol. The molecule has 0 bridgehead atoms. The summed E-state index contributed by atoms with van der Waals surface area (Å²) in [6.45, 7) is 0.360. The molecular weight excluding hydrogens is 436 g/mol. The Hall–Kier alpha value is -3.39. The molecule has 0 aromatic heterocycles. The summed E-state index contributed by atoms with van der Waals surface area (Å²) in [5.41, 5.74) is 4.48. The van der Waals surface area contributed by atoms with Gasteiger partial charge in [-0.25, -0.2) is 9.59 Å². The average Bonchev–Trinajstić information content (AvgIpc) is 2.97. The molecule has 2 aliphatic rings. The van der Waals surface area contributed by atoms with Crippen LogP contribution in [0.3, 0.4) is 0 Å². The molecule has 0 radical (unpaired) electrons. The Labute approximate surface area is 198 Å². The molecule has 8 heteroatoms. The standard InChI is InChI=1S/C26H30N2O6/c29-17(14-24(30)28-13-7-1-2-12-23(28)25(31)32)15-27-26(33)34-16-22-20-10-5-3-8-18(20)19-9-4-6-11-21(19)22/h3-6,8-11,17,22-23,29H,1-2,7,12-16H2,(H,27,33)(H,31,32). The molecule has 0 spiro atoms. The maximum absolute atomic E-state index is 12.6. The van der Waals surface area contributed by atoms with Crippen molar-refractivity contribution in [3.05, 3.63) is 59.7 Å². The van der Waals surface area contributed by atoms with Gasteiger partial charge in [0.25, 0.3) is 0 Å². The van der Waals surface area contributed by atoms with E-state index in [1.54, 1.807) is 0 Å². The van der Waals surface area contributed by atoms with Gasteiger partial charge in [0.05, 0.1) is 12.5 Å². The van der Waals surface area contributed by atoms with Crippen LogP contribution in [-0.2, 0) is 14.3 Å². The maximum atomic E-state index is 12.6. The molecule has 2 aromatic rings. The van der Waals surface area contributed by atoms with Gasteiger partial charge in [0, 0.05) is 19.0 Å². The summed E-state index contributed by atoms with van der Waals surface area (Å²) >= 11 is 0. The van der Waals surface area contributed by atoms with Crippen molar-refractivity contribution in [2.45, 2.75) is 50.2 Å². The Bertz CT molecular complexity index is 1010. The van der Waals surface area contributed by atoms with Crippen LogP contribution in [0, 0.1) is 0 Å². The van der Waals surface area contributed by atoms with Crippen molar-refractivity contribution in [1.29, 1.82) is 0 Å². The smallest absolute Gasteiger partial charge is 0.407 e. The minimum Gasteiger partial charge on any atom is -0.480 e. The van der Waals surface area contributed by atoms with E-state index in [0.29, 0.717) is 13.0 Å². The SMILES string of the molecule is O=C(NCC(O)CC(=O)N1CCCCCC1C(=O)O)OCC1c2ccccc2-c2ccccc21. The number of aliphatic hydroxyl groups is 1. The number of aliphatic hydroxyl groups excluding tert-OH is 1. The number of carboxylic acids is 1. The molecule has 34 heavy (non-hydrogen) atoms. The highest BCUT2D eigenvalue weighted by Crippen LogP contribution is 2.44. The number of nitrogens with zero attached hydrogens (tertiary/aromatic N) is 1. The van der Waals surface area contributed by atoms with Gasteiger partial charge in [0.15, 0.2) is 0 Å². The van der Waals surface area contributed by atoms with Crippen molar-refractivity contribution < 1.29 is 29.3 Å². The van der Waals surface area contributed by atoms with Crippen molar-refractivity contribution in [2.24, 2.45) is 0 Å². The lowest BCUT2D eigenvalue weighted by Gasteiger charge is -2.27. The van der Waals surface area contributed by atoms with Gasteiger partial charge < -0.3 is 25.2 Å². The van der Waals surface area contributed by atoms with Crippen molar-refractivity contribution in [3.8, 4) is 11.1 Å². The number of rotatable bonds is 7. The zero-order valence-electron chi connectivity index (χ0n) is 19.0. The van der Waals surface area contributed by atoms with E-state index in [-0.39, 0.29) is 25.5 Å². The summed E-state index contributed by atoms with van der Waals surface area (Å²) in [5, 5.41) is 22.2. The minimum atomic E-state index is -1.13. The minimum absolute atomic E-state index is 0.0689. The highest BCUT2D eigenvalue weighted by atomic mass is 16.5. The number of likely N-dealkylation sites (tertiary alicyclic amines) is 1. The number of fused-ring (bicyclic) bond motifs is 3. The molecule has 2 amide bonds. The van der Waals surface area contributed by atoms with E-state index in [1.807, 2.05) is 36.4 Å². The number of carbonyl (C=O) groups excluding carboxylic acids is 2. The van der Waals surface area contributed by atoms with Gasteiger partial charge in [-0.2, -0.15) is 0 Å². The van der Waals surface area contributed by atoms with Gasteiger partial charge >= 0.3 is 12.1 Å². The Morgan fingerprint density at radius 2 is 1.65 bits per heavy atom. The van der Waals surface area contributed by atoms with Gasteiger partial charge in [-0.05, 0) is 35.1 Å². The third-order valence-electron chi connectivity index (χ3n) is 6.59. The molecule has 1 aliphatic carbocycles. The van der Waals surface area contributed by atoms with E-state index in [2.05, 4.69) is 17.4 Å². The Kier molecular flexibility index (Phi) is 7.47. The van der Waals surface area contributed by atoms with Crippen molar-refractivity contribution in [1.82, 2.24) is 10.2 Å². The quantitative estimate of drug-likeness (QED) is 0.577. The number of aliphatic carboxylic acids is 1. The second-order valence-electron chi connectivity index (χ2n) is 8.85. The Balaban J connectivity index is 1.27. The molecule has 2 atom stereocenters. The van der Waals surface area contributed by atoms with Crippen molar-refractivity contribution in [2.75, 3.05) is 19.7 Å².